The van der Waals surface area contributed by atoms with Gasteiger partial charge in [0.15, 0.2) is 0 Å². The molecule has 1 aliphatic rings. The minimum absolute atomic E-state index is 0.0373. The normalized spacial score (nSPS) is 13.5. The zero-order chi connectivity index (χ0) is 20.7. The van der Waals surface area contributed by atoms with Gasteiger partial charge in [0, 0.05) is 36.0 Å². The quantitative estimate of drug-likeness (QED) is 0.580. The van der Waals surface area contributed by atoms with E-state index in [1.807, 2.05) is 38.1 Å². The van der Waals surface area contributed by atoms with Gasteiger partial charge in [-0.1, -0.05) is 0 Å². The van der Waals surface area contributed by atoms with Crippen LogP contribution in [0, 0.1) is 13.8 Å². The molecule has 4 rings (SSSR count). The largest absolute Gasteiger partial charge is 0.339 e. The summed E-state index contributed by atoms with van der Waals surface area (Å²) in [7, 11) is 3.44. The summed E-state index contributed by atoms with van der Waals surface area (Å²) < 4.78 is 0. The molecule has 0 unspecified atom stereocenters. The summed E-state index contributed by atoms with van der Waals surface area (Å²) >= 11 is 2.57. The number of thiophene rings is 1. The molecule has 2 amide bonds. The van der Waals surface area contributed by atoms with Gasteiger partial charge in [0.2, 0.25) is 0 Å². The number of carbonyl (C=O) groups is 2. The number of hydrogen-bond donors (Lipinski definition) is 1. The molecule has 2 aromatic heterocycles. The van der Waals surface area contributed by atoms with Crippen LogP contribution in [0.1, 0.15) is 45.5 Å². The van der Waals surface area contributed by atoms with Crippen molar-refractivity contribution in [3.63, 3.8) is 0 Å². The second-order valence-corrected chi connectivity index (χ2v) is 9.44. The number of aryl methyl sites for hydroxylation is 2. The smallest absolute Gasteiger partial charge is 0.285 e. The number of nitrogens with one attached hydrogen (secondary N) is 1. The van der Waals surface area contributed by atoms with Crippen molar-refractivity contribution in [2.45, 2.75) is 37.5 Å². The van der Waals surface area contributed by atoms with Gasteiger partial charge in [-0.15, -0.1) is 11.3 Å². The van der Waals surface area contributed by atoms with Crippen LogP contribution in [0.25, 0.3) is 10.2 Å². The predicted molar refractivity (Wildman–Crippen MR) is 118 cm³/mol. The lowest BCUT2D eigenvalue weighted by molar-refractivity contribution is 0.103. The highest BCUT2D eigenvalue weighted by atomic mass is 32.2. The molecule has 2 heterocycles. The Labute approximate surface area is 177 Å². The lowest BCUT2D eigenvalue weighted by Crippen LogP contribution is -2.16. The Morgan fingerprint density at radius 3 is 2.45 bits per heavy atom. The van der Waals surface area contributed by atoms with Crippen LogP contribution in [0.4, 0.5) is 10.5 Å². The van der Waals surface area contributed by atoms with E-state index in [2.05, 4.69) is 10.3 Å². The number of rotatable bonds is 4. The highest BCUT2D eigenvalue weighted by Gasteiger charge is 2.28. The molecule has 3 aromatic rings. The van der Waals surface area contributed by atoms with Crippen LogP contribution >= 0.6 is 23.1 Å². The van der Waals surface area contributed by atoms with E-state index in [-0.39, 0.29) is 11.1 Å². The first kappa shape index (κ1) is 19.8. The Kier molecular flexibility index (Phi) is 5.31. The van der Waals surface area contributed by atoms with E-state index in [1.165, 1.54) is 16.2 Å². The average molecular weight is 427 g/mol. The summed E-state index contributed by atoms with van der Waals surface area (Å²) in [4.78, 5) is 37.9. The SMILES string of the molecule is Cc1nc(C2CC2)nc2sc(C(=O)Nc3ccc(SC(=O)N(C)C)cc3)c(C)c12. The summed E-state index contributed by atoms with van der Waals surface area (Å²) in [5, 5.41) is 3.90. The number of aromatic nitrogens is 2. The van der Waals surface area contributed by atoms with Crippen LogP contribution in [0.5, 0.6) is 0 Å². The van der Waals surface area contributed by atoms with Gasteiger partial charge in [0.25, 0.3) is 11.1 Å². The van der Waals surface area contributed by atoms with Crippen LogP contribution in [0.3, 0.4) is 0 Å². The van der Waals surface area contributed by atoms with E-state index in [9.17, 15) is 9.59 Å². The molecule has 0 saturated heterocycles. The molecule has 1 saturated carbocycles. The topological polar surface area (TPSA) is 75.2 Å². The van der Waals surface area contributed by atoms with Gasteiger partial charge in [0.05, 0.1) is 10.6 Å². The maximum atomic E-state index is 12.9. The van der Waals surface area contributed by atoms with Crippen LogP contribution in [-0.4, -0.2) is 40.1 Å². The molecule has 1 N–H and O–H groups in total. The van der Waals surface area contributed by atoms with Gasteiger partial charge in [-0.05, 0) is 68.3 Å². The highest BCUT2D eigenvalue weighted by Crippen LogP contribution is 2.40. The Morgan fingerprint density at radius 2 is 1.83 bits per heavy atom. The lowest BCUT2D eigenvalue weighted by atomic mass is 10.1. The van der Waals surface area contributed by atoms with Crippen molar-refractivity contribution in [2.75, 3.05) is 19.4 Å². The first-order chi connectivity index (χ1) is 13.8. The molecule has 150 valence electrons. The first-order valence-corrected chi connectivity index (χ1v) is 11.0. The van der Waals surface area contributed by atoms with Crippen LogP contribution in [0.2, 0.25) is 0 Å². The molecular formula is C21H22N4O2S2. The summed E-state index contributed by atoms with van der Waals surface area (Å²) in [5.74, 6) is 1.24. The van der Waals surface area contributed by atoms with Gasteiger partial charge < -0.3 is 10.2 Å². The molecular weight excluding hydrogens is 404 g/mol. The van der Waals surface area contributed by atoms with Crippen LogP contribution < -0.4 is 5.32 Å². The first-order valence-electron chi connectivity index (χ1n) is 9.41. The van der Waals surface area contributed by atoms with Crippen molar-refractivity contribution < 1.29 is 9.59 Å². The second kappa shape index (κ2) is 7.76. The van der Waals surface area contributed by atoms with E-state index < -0.39 is 0 Å². The molecule has 1 aromatic carbocycles. The fourth-order valence-corrected chi connectivity index (χ4v) is 4.88. The monoisotopic (exact) mass is 426 g/mol. The predicted octanol–water partition coefficient (Wildman–Crippen LogP) is 5.21. The van der Waals surface area contributed by atoms with Crippen LogP contribution in [0.15, 0.2) is 29.2 Å². The number of benzene rings is 1. The van der Waals surface area contributed by atoms with Crippen molar-refractivity contribution in [3.05, 3.63) is 46.2 Å². The summed E-state index contributed by atoms with van der Waals surface area (Å²) in [6.45, 7) is 3.94. The second-order valence-electron chi connectivity index (χ2n) is 7.42. The molecule has 1 aliphatic carbocycles. The van der Waals surface area contributed by atoms with Gasteiger partial charge in [-0.3, -0.25) is 9.59 Å². The highest BCUT2D eigenvalue weighted by molar-refractivity contribution is 8.13. The molecule has 0 aliphatic heterocycles. The Hall–Kier alpha value is -2.45. The Bertz CT molecular complexity index is 1100. The molecule has 0 bridgehead atoms. The van der Waals surface area contributed by atoms with E-state index >= 15 is 0 Å². The standard InChI is InChI=1S/C21H22N4O2S2/c1-11-16-12(2)22-18(13-5-6-13)24-20(16)29-17(11)19(26)23-14-7-9-15(10-8-14)28-21(27)25(3)4/h7-10,13H,5-6H2,1-4H3,(H,23,26). The van der Waals surface area contributed by atoms with E-state index in [0.29, 0.717) is 16.5 Å². The Morgan fingerprint density at radius 1 is 1.14 bits per heavy atom. The van der Waals surface area contributed by atoms with E-state index in [4.69, 9.17) is 4.98 Å². The lowest BCUT2D eigenvalue weighted by Gasteiger charge is -2.09. The maximum Gasteiger partial charge on any atom is 0.285 e. The molecule has 0 spiro atoms. The van der Waals surface area contributed by atoms with Gasteiger partial charge >= 0.3 is 0 Å². The summed E-state index contributed by atoms with van der Waals surface area (Å²) in [5.41, 5.74) is 2.55. The van der Waals surface area contributed by atoms with E-state index in [1.54, 1.807) is 14.1 Å². The zero-order valence-electron chi connectivity index (χ0n) is 16.8. The summed E-state index contributed by atoms with van der Waals surface area (Å²) in [6.07, 6.45) is 2.30. The number of nitrogens with zero attached hydrogens (tertiary/aromatic N) is 3. The molecule has 1 fully saturated rings. The molecule has 6 nitrogen and oxygen atoms in total. The minimum atomic E-state index is -0.150. The zero-order valence-corrected chi connectivity index (χ0v) is 18.4. The number of hydrogen-bond acceptors (Lipinski definition) is 6. The molecule has 29 heavy (non-hydrogen) atoms. The third-order valence-electron chi connectivity index (χ3n) is 4.82. The third kappa shape index (κ3) is 4.13. The van der Waals surface area contributed by atoms with Crippen molar-refractivity contribution >= 4 is 50.1 Å². The third-order valence-corrected chi connectivity index (χ3v) is 7.05. The number of fused-ring (bicyclic) bond motifs is 1. The Balaban J connectivity index is 1.54. The number of amides is 2. The van der Waals surface area contributed by atoms with Gasteiger partial charge in [-0.25, -0.2) is 9.97 Å². The number of thioether (sulfide) groups is 1. The van der Waals surface area contributed by atoms with Crippen LogP contribution in [-0.2, 0) is 0 Å². The molecule has 0 atom stereocenters. The fraction of sp³-hybridized carbons (Fsp3) is 0.333. The fourth-order valence-electron chi connectivity index (χ4n) is 3.09. The van der Waals surface area contributed by atoms with Crippen molar-refractivity contribution in [3.8, 4) is 0 Å². The maximum absolute atomic E-state index is 12.9. The number of carbonyl (C=O) groups excluding carboxylic acids is 2. The summed E-state index contributed by atoms with van der Waals surface area (Å²) in [6, 6.07) is 7.28. The van der Waals surface area contributed by atoms with Gasteiger partial charge in [0.1, 0.15) is 10.7 Å². The van der Waals surface area contributed by atoms with Crippen molar-refractivity contribution in [1.29, 1.82) is 0 Å². The molecule has 0 radical (unpaired) electrons. The van der Waals surface area contributed by atoms with Crippen molar-refractivity contribution in [2.24, 2.45) is 0 Å². The van der Waals surface area contributed by atoms with Gasteiger partial charge in [-0.2, -0.15) is 0 Å². The minimum Gasteiger partial charge on any atom is -0.339 e. The molecule has 8 heteroatoms. The van der Waals surface area contributed by atoms with E-state index in [0.717, 1.165) is 56.8 Å². The average Bonchev–Trinajstić information content (AvgIpc) is 3.47. The van der Waals surface area contributed by atoms with Crippen molar-refractivity contribution in [1.82, 2.24) is 14.9 Å². The number of anilines is 1.